The molecule has 1 aliphatic heterocycles. The molecule has 0 spiro atoms. The van der Waals surface area contributed by atoms with E-state index in [1.165, 1.54) is 19.3 Å². The maximum Gasteiger partial charge on any atom is 0.274 e. The van der Waals surface area contributed by atoms with Crippen LogP contribution in [-0.4, -0.2) is 28.5 Å². The predicted molar refractivity (Wildman–Crippen MR) is 102 cm³/mol. The number of carbonyl (C=O) groups excluding carboxylic acids is 2. The molecule has 8 nitrogen and oxygen atoms in total. The first-order valence-corrected chi connectivity index (χ1v) is 8.49. The summed E-state index contributed by atoms with van der Waals surface area (Å²) >= 11 is 0. The summed E-state index contributed by atoms with van der Waals surface area (Å²) in [4.78, 5) is 32.2. The Hall–Kier alpha value is -3.94. The number of rotatable bonds is 5. The number of benzene rings is 2. The predicted octanol–water partition coefficient (Wildman–Crippen LogP) is 3.40. The smallest absolute Gasteiger partial charge is 0.274 e. The molecule has 1 amide bonds. The van der Waals surface area contributed by atoms with E-state index < -0.39 is 0 Å². The van der Waals surface area contributed by atoms with Gasteiger partial charge in [-0.1, -0.05) is 12.1 Å². The summed E-state index contributed by atoms with van der Waals surface area (Å²) < 4.78 is 10.6. The van der Waals surface area contributed by atoms with Gasteiger partial charge in [-0.15, -0.1) is 0 Å². The van der Waals surface area contributed by atoms with Crippen LogP contribution in [0.25, 0.3) is 0 Å². The number of hydrogen-bond donors (Lipinski definition) is 2. The highest BCUT2D eigenvalue weighted by Crippen LogP contribution is 2.34. The average Bonchev–Trinajstić information content (AvgIpc) is 3.16. The normalized spacial score (nSPS) is 11.8. The highest BCUT2D eigenvalue weighted by atomic mass is 16.7. The lowest BCUT2D eigenvalue weighted by atomic mass is 10.1. The molecule has 0 atom stereocenters. The third-order valence-corrected chi connectivity index (χ3v) is 4.07. The summed E-state index contributed by atoms with van der Waals surface area (Å²) in [5, 5.41) is 5.84. The molecule has 28 heavy (non-hydrogen) atoms. The Morgan fingerprint density at radius 1 is 0.964 bits per heavy atom. The second-order valence-electron chi connectivity index (χ2n) is 6.07. The molecule has 0 saturated carbocycles. The van der Waals surface area contributed by atoms with Gasteiger partial charge in [0, 0.05) is 29.1 Å². The second kappa shape index (κ2) is 7.36. The number of carbonyl (C=O) groups is 2. The van der Waals surface area contributed by atoms with Crippen molar-refractivity contribution in [3.8, 4) is 11.5 Å². The summed E-state index contributed by atoms with van der Waals surface area (Å²) in [6.07, 6.45) is 1.30. The number of aromatic nitrogens is 2. The first kappa shape index (κ1) is 17.5. The second-order valence-corrected chi connectivity index (χ2v) is 6.07. The fourth-order valence-corrected chi connectivity index (χ4v) is 2.68. The molecule has 0 aliphatic carbocycles. The van der Waals surface area contributed by atoms with Crippen molar-refractivity contribution in [3.63, 3.8) is 0 Å². The van der Waals surface area contributed by atoms with Crippen molar-refractivity contribution >= 4 is 28.9 Å². The molecule has 1 aliphatic rings. The minimum Gasteiger partial charge on any atom is -0.454 e. The van der Waals surface area contributed by atoms with Crippen molar-refractivity contribution in [1.29, 1.82) is 0 Å². The topological polar surface area (TPSA) is 102 Å². The van der Waals surface area contributed by atoms with Gasteiger partial charge in [0.15, 0.2) is 17.3 Å². The largest absolute Gasteiger partial charge is 0.454 e. The fourth-order valence-electron chi connectivity index (χ4n) is 2.68. The standard InChI is InChI=1S/C20H16N4O4/c1-12(25)13-3-2-4-14(7-13)23-19-9-16(21-10-22-19)20(26)24-15-5-6-17-18(8-15)28-11-27-17/h2-10H,11H2,1H3,(H,24,26)(H,21,22,23). The minimum atomic E-state index is -0.387. The molecule has 8 heteroatoms. The van der Waals surface area contributed by atoms with Gasteiger partial charge in [-0.3, -0.25) is 9.59 Å². The lowest BCUT2D eigenvalue weighted by Gasteiger charge is -2.09. The number of fused-ring (bicyclic) bond motifs is 1. The number of nitrogens with one attached hydrogen (secondary N) is 2. The van der Waals surface area contributed by atoms with Gasteiger partial charge in [0.1, 0.15) is 17.8 Å². The number of anilines is 3. The van der Waals surface area contributed by atoms with E-state index in [0.717, 1.165) is 0 Å². The number of amides is 1. The lowest BCUT2D eigenvalue weighted by molar-refractivity contribution is 0.101. The van der Waals surface area contributed by atoms with Gasteiger partial charge in [-0.2, -0.15) is 0 Å². The highest BCUT2D eigenvalue weighted by Gasteiger charge is 2.15. The van der Waals surface area contributed by atoms with Crippen molar-refractivity contribution in [2.24, 2.45) is 0 Å². The Morgan fingerprint density at radius 2 is 1.82 bits per heavy atom. The van der Waals surface area contributed by atoms with E-state index >= 15 is 0 Å². The number of nitrogens with zero attached hydrogens (tertiary/aromatic N) is 2. The monoisotopic (exact) mass is 376 g/mol. The van der Waals surface area contributed by atoms with Gasteiger partial charge in [0.05, 0.1) is 0 Å². The van der Waals surface area contributed by atoms with Crippen LogP contribution in [0.2, 0.25) is 0 Å². The number of Topliss-reactive ketones (excluding diaryl/α,β-unsaturated/α-hetero) is 1. The SMILES string of the molecule is CC(=O)c1cccc(Nc2cc(C(=O)Nc3ccc4c(c3)OCO4)ncn2)c1. The van der Waals surface area contributed by atoms with E-state index in [1.54, 1.807) is 42.5 Å². The van der Waals surface area contributed by atoms with Gasteiger partial charge < -0.3 is 20.1 Å². The third kappa shape index (κ3) is 3.75. The van der Waals surface area contributed by atoms with Crippen molar-refractivity contribution in [2.75, 3.05) is 17.4 Å². The van der Waals surface area contributed by atoms with E-state index in [2.05, 4.69) is 20.6 Å². The summed E-state index contributed by atoms with van der Waals surface area (Å²) in [5.41, 5.74) is 2.03. The van der Waals surface area contributed by atoms with Gasteiger partial charge in [-0.05, 0) is 31.2 Å². The van der Waals surface area contributed by atoms with E-state index in [1.807, 2.05) is 0 Å². The van der Waals surface area contributed by atoms with E-state index in [4.69, 9.17) is 9.47 Å². The minimum absolute atomic E-state index is 0.0323. The quantitative estimate of drug-likeness (QED) is 0.658. The molecule has 2 aromatic carbocycles. The number of hydrogen-bond acceptors (Lipinski definition) is 7. The molecule has 1 aromatic heterocycles. The van der Waals surface area contributed by atoms with Crippen molar-refractivity contribution in [2.45, 2.75) is 6.92 Å². The zero-order valence-corrected chi connectivity index (χ0v) is 14.9. The summed E-state index contributed by atoms with van der Waals surface area (Å²) in [6, 6.07) is 13.7. The van der Waals surface area contributed by atoms with E-state index in [0.29, 0.717) is 34.3 Å². The third-order valence-electron chi connectivity index (χ3n) is 4.07. The van der Waals surface area contributed by atoms with Crippen LogP contribution in [-0.2, 0) is 0 Å². The number of ether oxygens (including phenoxy) is 2. The average molecular weight is 376 g/mol. The molecule has 0 radical (unpaired) electrons. The van der Waals surface area contributed by atoms with Crippen LogP contribution < -0.4 is 20.1 Å². The number of ketones is 1. The molecule has 140 valence electrons. The van der Waals surface area contributed by atoms with Crippen LogP contribution >= 0.6 is 0 Å². The van der Waals surface area contributed by atoms with Gasteiger partial charge in [-0.25, -0.2) is 9.97 Å². The molecule has 0 unspecified atom stereocenters. The van der Waals surface area contributed by atoms with E-state index in [9.17, 15) is 9.59 Å². The van der Waals surface area contributed by atoms with Crippen LogP contribution in [0.15, 0.2) is 54.9 Å². The van der Waals surface area contributed by atoms with E-state index in [-0.39, 0.29) is 24.2 Å². The molecule has 0 bridgehead atoms. The van der Waals surface area contributed by atoms with Crippen LogP contribution in [0.4, 0.5) is 17.2 Å². The molecule has 2 N–H and O–H groups in total. The van der Waals surface area contributed by atoms with Crippen molar-refractivity contribution in [3.05, 3.63) is 66.1 Å². The first-order chi connectivity index (χ1) is 13.6. The molecular weight excluding hydrogens is 360 g/mol. The molecule has 0 fully saturated rings. The van der Waals surface area contributed by atoms with Crippen molar-refractivity contribution < 1.29 is 19.1 Å². The van der Waals surface area contributed by atoms with Crippen LogP contribution in [0.3, 0.4) is 0 Å². The van der Waals surface area contributed by atoms with Crippen LogP contribution in [0, 0.1) is 0 Å². The lowest BCUT2D eigenvalue weighted by Crippen LogP contribution is -2.14. The Bertz CT molecular complexity index is 1070. The maximum atomic E-state index is 12.5. The molecule has 0 saturated heterocycles. The van der Waals surface area contributed by atoms with Gasteiger partial charge >= 0.3 is 0 Å². The van der Waals surface area contributed by atoms with Crippen molar-refractivity contribution in [1.82, 2.24) is 9.97 Å². The molecule has 2 heterocycles. The first-order valence-electron chi connectivity index (χ1n) is 8.49. The molecule has 4 rings (SSSR count). The Labute approximate surface area is 160 Å². The summed E-state index contributed by atoms with van der Waals surface area (Å²) in [5.74, 6) is 1.23. The maximum absolute atomic E-state index is 12.5. The zero-order chi connectivity index (χ0) is 19.5. The fraction of sp³-hybridized carbons (Fsp3) is 0.100. The van der Waals surface area contributed by atoms with Gasteiger partial charge in [0.2, 0.25) is 6.79 Å². The van der Waals surface area contributed by atoms with Crippen LogP contribution in [0.5, 0.6) is 11.5 Å². The Morgan fingerprint density at radius 3 is 2.68 bits per heavy atom. The highest BCUT2D eigenvalue weighted by molar-refractivity contribution is 6.03. The zero-order valence-electron chi connectivity index (χ0n) is 14.9. The van der Waals surface area contributed by atoms with Gasteiger partial charge in [0.25, 0.3) is 5.91 Å². The Balaban J connectivity index is 1.49. The Kier molecular flexibility index (Phi) is 4.59. The van der Waals surface area contributed by atoms with Crippen LogP contribution in [0.1, 0.15) is 27.8 Å². The summed E-state index contributed by atoms with van der Waals surface area (Å²) in [6.45, 7) is 1.67. The molecular formula is C20H16N4O4. The summed E-state index contributed by atoms with van der Waals surface area (Å²) in [7, 11) is 0. The molecule has 3 aromatic rings.